The molecule has 112 valence electrons. The summed E-state index contributed by atoms with van der Waals surface area (Å²) >= 11 is 0. The van der Waals surface area contributed by atoms with E-state index in [1.165, 1.54) is 5.56 Å². The van der Waals surface area contributed by atoms with Gasteiger partial charge in [0, 0.05) is 12.6 Å². The summed E-state index contributed by atoms with van der Waals surface area (Å²) < 4.78 is 13.5. The molecule has 2 aromatic carbocycles. The van der Waals surface area contributed by atoms with Crippen molar-refractivity contribution in [3.63, 3.8) is 0 Å². The molecule has 0 amide bonds. The standard InChI is InChI=1S/C18H23FN2/c1-14-7-8-16(12-18(14)19)11-17(20)9-10-21-13-15-5-3-2-4-6-15/h2-8,12,17,21H,9-11,13,20H2,1H3/t17-/m0/s1. The maximum absolute atomic E-state index is 13.5. The van der Waals surface area contributed by atoms with Crippen molar-refractivity contribution in [1.82, 2.24) is 5.32 Å². The van der Waals surface area contributed by atoms with Crippen LogP contribution in [0.15, 0.2) is 48.5 Å². The highest BCUT2D eigenvalue weighted by Crippen LogP contribution is 2.11. The van der Waals surface area contributed by atoms with Gasteiger partial charge in [0.1, 0.15) is 5.82 Å². The summed E-state index contributed by atoms with van der Waals surface area (Å²) in [6.07, 6.45) is 1.59. The van der Waals surface area contributed by atoms with E-state index in [2.05, 4.69) is 17.4 Å². The van der Waals surface area contributed by atoms with Crippen LogP contribution in [-0.2, 0) is 13.0 Å². The predicted molar refractivity (Wildman–Crippen MR) is 85.6 cm³/mol. The summed E-state index contributed by atoms with van der Waals surface area (Å²) in [5.41, 5.74) is 9.02. The third-order valence-corrected chi connectivity index (χ3v) is 3.60. The lowest BCUT2D eigenvalue weighted by atomic mass is 10.0. The summed E-state index contributed by atoms with van der Waals surface area (Å²) in [4.78, 5) is 0. The van der Waals surface area contributed by atoms with Crippen LogP contribution >= 0.6 is 0 Å². The van der Waals surface area contributed by atoms with Gasteiger partial charge >= 0.3 is 0 Å². The molecular weight excluding hydrogens is 263 g/mol. The third-order valence-electron chi connectivity index (χ3n) is 3.60. The molecule has 2 aromatic rings. The Morgan fingerprint density at radius 3 is 2.57 bits per heavy atom. The summed E-state index contributed by atoms with van der Waals surface area (Å²) in [7, 11) is 0. The van der Waals surface area contributed by atoms with Crippen LogP contribution < -0.4 is 11.1 Å². The fraction of sp³-hybridized carbons (Fsp3) is 0.333. The quantitative estimate of drug-likeness (QED) is 0.767. The van der Waals surface area contributed by atoms with E-state index in [9.17, 15) is 4.39 Å². The second kappa shape index (κ2) is 7.91. The minimum Gasteiger partial charge on any atom is -0.327 e. The number of nitrogens with one attached hydrogen (secondary N) is 1. The molecule has 1 atom stereocenters. The lowest BCUT2D eigenvalue weighted by molar-refractivity contribution is 0.555. The van der Waals surface area contributed by atoms with Crippen molar-refractivity contribution < 1.29 is 4.39 Å². The summed E-state index contributed by atoms with van der Waals surface area (Å²) in [5, 5.41) is 3.38. The van der Waals surface area contributed by atoms with Gasteiger partial charge in [-0.15, -0.1) is 0 Å². The lowest BCUT2D eigenvalue weighted by Crippen LogP contribution is -2.28. The van der Waals surface area contributed by atoms with E-state index in [1.807, 2.05) is 30.3 Å². The van der Waals surface area contributed by atoms with E-state index in [0.29, 0.717) is 12.0 Å². The zero-order valence-corrected chi connectivity index (χ0v) is 12.5. The molecule has 0 aliphatic rings. The number of halogens is 1. The van der Waals surface area contributed by atoms with Gasteiger partial charge < -0.3 is 11.1 Å². The van der Waals surface area contributed by atoms with Gasteiger partial charge in [0.15, 0.2) is 0 Å². The molecule has 21 heavy (non-hydrogen) atoms. The molecule has 0 aliphatic carbocycles. The smallest absolute Gasteiger partial charge is 0.126 e. The Labute approximate surface area is 126 Å². The predicted octanol–water partition coefficient (Wildman–Crippen LogP) is 3.18. The van der Waals surface area contributed by atoms with E-state index in [4.69, 9.17) is 5.73 Å². The second-order valence-electron chi connectivity index (χ2n) is 5.50. The highest BCUT2D eigenvalue weighted by molar-refractivity contribution is 5.24. The second-order valence-corrected chi connectivity index (χ2v) is 5.50. The van der Waals surface area contributed by atoms with Crippen LogP contribution in [0.25, 0.3) is 0 Å². The topological polar surface area (TPSA) is 38.0 Å². The molecular formula is C18H23FN2. The molecule has 0 aliphatic heterocycles. The molecule has 0 spiro atoms. The Balaban J connectivity index is 1.70. The number of aryl methyl sites for hydroxylation is 1. The number of nitrogens with two attached hydrogens (primary N) is 1. The van der Waals surface area contributed by atoms with Crippen LogP contribution in [0, 0.1) is 12.7 Å². The van der Waals surface area contributed by atoms with Gasteiger partial charge in [0.25, 0.3) is 0 Å². The van der Waals surface area contributed by atoms with Crippen LogP contribution in [-0.4, -0.2) is 12.6 Å². The molecule has 0 aromatic heterocycles. The van der Waals surface area contributed by atoms with Crippen LogP contribution in [0.3, 0.4) is 0 Å². The van der Waals surface area contributed by atoms with Gasteiger partial charge in [-0.05, 0) is 49.1 Å². The van der Waals surface area contributed by atoms with Gasteiger partial charge in [-0.1, -0.05) is 42.5 Å². The Kier molecular flexibility index (Phi) is 5.90. The van der Waals surface area contributed by atoms with Crippen molar-refractivity contribution in [2.45, 2.75) is 32.4 Å². The number of hydrogen-bond donors (Lipinski definition) is 2. The molecule has 0 saturated heterocycles. The van der Waals surface area contributed by atoms with Gasteiger partial charge in [-0.25, -0.2) is 4.39 Å². The minimum absolute atomic E-state index is 0.0513. The number of benzene rings is 2. The third kappa shape index (κ3) is 5.29. The van der Waals surface area contributed by atoms with Crippen molar-refractivity contribution in [2.24, 2.45) is 5.73 Å². The van der Waals surface area contributed by atoms with E-state index in [0.717, 1.165) is 25.1 Å². The molecule has 2 nitrogen and oxygen atoms in total. The van der Waals surface area contributed by atoms with E-state index in [-0.39, 0.29) is 11.9 Å². The van der Waals surface area contributed by atoms with Crippen molar-refractivity contribution in [3.8, 4) is 0 Å². The summed E-state index contributed by atoms with van der Waals surface area (Å²) in [6, 6.07) is 15.7. The summed E-state index contributed by atoms with van der Waals surface area (Å²) in [5.74, 6) is -0.151. The first kappa shape index (κ1) is 15.7. The molecule has 0 saturated carbocycles. The maximum atomic E-state index is 13.5. The van der Waals surface area contributed by atoms with Crippen molar-refractivity contribution in [3.05, 3.63) is 71.0 Å². The zero-order valence-electron chi connectivity index (χ0n) is 12.5. The average Bonchev–Trinajstić information content (AvgIpc) is 2.49. The highest BCUT2D eigenvalue weighted by atomic mass is 19.1. The van der Waals surface area contributed by atoms with E-state index >= 15 is 0 Å². The summed E-state index contributed by atoms with van der Waals surface area (Å²) in [6.45, 7) is 3.49. The van der Waals surface area contributed by atoms with Crippen molar-refractivity contribution in [2.75, 3.05) is 6.54 Å². The molecule has 0 heterocycles. The molecule has 0 unspecified atom stereocenters. The normalized spacial score (nSPS) is 12.3. The van der Waals surface area contributed by atoms with Gasteiger partial charge in [0.2, 0.25) is 0 Å². The number of rotatable bonds is 7. The fourth-order valence-electron chi connectivity index (χ4n) is 2.28. The Morgan fingerprint density at radius 2 is 1.86 bits per heavy atom. The number of hydrogen-bond acceptors (Lipinski definition) is 2. The Hall–Kier alpha value is -1.71. The Morgan fingerprint density at radius 1 is 1.10 bits per heavy atom. The van der Waals surface area contributed by atoms with Crippen LogP contribution in [0.4, 0.5) is 4.39 Å². The van der Waals surface area contributed by atoms with Crippen LogP contribution in [0.1, 0.15) is 23.1 Å². The van der Waals surface area contributed by atoms with Crippen LogP contribution in [0.5, 0.6) is 0 Å². The van der Waals surface area contributed by atoms with Crippen molar-refractivity contribution >= 4 is 0 Å². The molecule has 0 fully saturated rings. The maximum Gasteiger partial charge on any atom is 0.126 e. The molecule has 3 N–H and O–H groups in total. The lowest BCUT2D eigenvalue weighted by Gasteiger charge is -2.13. The van der Waals surface area contributed by atoms with Crippen LogP contribution in [0.2, 0.25) is 0 Å². The molecule has 3 heteroatoms. The van der Waals surface area contributed by atoms with E-state index in [1.54, 1.807) is 13.0 Å². The van der Waals surface area contributed by atoms with E-state index < -0.39 is 0 Å². The fourth-order valence-corrected chi connectivity index (χ4v) is 2.28. The largest absolute Gasteiger partial charge is 0.327 e. The SMILES string of the molecule is Cc1ccc(C[C@@H](N)CCNCc2ccccc2)cc1F. The molecule has 0 bridgehead atoms. The zero-order chi connectivity index (χ0) is 15.1. The highest BCUT2D eigenvalue weighted by Gasteiger charge is 2.06. The first-order valence-corrected chi connectivity index (χ1v) is 7.40. The first-order valence-electron chi connectivity index (χ1n) is 7.40. The van der Waals surface area contributed by atoms with Gasteiger partial charge in [-0.3, -0.25) is 0 Å². The van der Waals surface area contributed by atoms with Gasteiger partial charge in [-0.2, -0.15) is 0 Å². The van der Waals surface area contributed by atoms with Crippen molar-refractivity contribution in [1.29, 1.82) is 0 Å². The Bertz CT molecular complexity index is 554. The molecule has 2 rings (SSSR count). The van der Waals surface area contributed by atoms with Gasteiger partial charge in [0.05, 0.1) is 0 Å². The average molecular weight is 286 g/mol. The first-order chi connectivity index (χ1) is 10.1. The monoisotopic (exact) mass is 286 g/mol. The minimum atomic E-state index is -0.151. The molecule has 0 radical (unpaired) electrons.